The Morgan fingerprint density at radius 1 is 1.25 bits per heavy atom. The van der Waals surface area contributed by atoms with Crippen molar-refractivity contribution in [2.45, 2.75) is 32.1 Å². The maximum absolute atomic E-state index is 12.4. The molecule has 2 rings (SSSR count). The fourth-order valence-corrected chi connectivity index (χ4v) is 3.83. The van der Waals surface area contributed by atoms with Gasteiger partial charge >= 0.3 is 0 Å². The summed E-state index contributed by atoms with van der Waals surface area (Å²) in [6, 6.07) is 4.68. The molecule has 1 aliphatic heterocycles. The third-order valence-electron chi connectivity index (χ3n) is 4.17. The number of hydrogen-bond donors (Lipinski definition) is 1. The summed E-state index contributed by atoms with van der Waals surface area (Å²) in [6.45, 7) is 6.55. The van der Waals surface area contributed by atoms with Gasteiger partial charge in [-0.15, -0.1) is 0 Å². The molecule has 1 heterocycles. The van der Waals surface area contributed by atoms with Crippen molar-refractivity contribution in [1.29, 1.82) is 0 Å². The number of nitrogens with zero attached hydrogens (tertiary/aromatic N) is 2. The number of sulfonamides is 1. The van der Waals surface area contributed by atoms with E-state index in [0.717, 1.165) is 11.3 Å². The van der Waals surface area contributed by atoms with Gasteiger partial charge in [-0.3, -0.25) is 9.59 Å². The predicted molar refractivity (Wildman–Crippen MR) is 91.3 cm³/mol. The van der Waals surface area contributed by atoms with Crippen molar-refractivity contribution in [3.63, 3.8) is 0 Å². The summed E-state index contributed by atoms with van der Waals surface area (Å²) in [5.41, 5.74) is 1.57. The first-order chi connectivity index (χ1) is 11.3. The summed E-state index contributed by atoms with van der Waals surface area (Å²) in [6.07, 6.45) is 0.622. The standard InChI is InChI=1S/C16H23N3O4S/c1-4-18(5-2)16(21)11-17-24(22,23)14-6-7-15-13(10-14)8-9-19(15)12(3)20/h6-7,10,17H,4-5,8-9,11H2,1-3H3. The summed E-state index contributed by atoms with van der Waals surface area (Å²) >= 11 is 0. The third-order valence-corrected chi connectivity index (χ3v) is 5.57. The molecule has 0 saturated carbocycles. The number of rotatable bonds is 6. The second-order valence-electron chi connectivity index (χ2n) is 5.60. The van der Waals surface area contributed by atoms with Crippen LogP contribution in [0.15, 0.2) is 23.1 Å². The normalized spacial score (nSPS) is 13.7. The summed E-state index contributed by atoms with van der Waals surface area (Å²) in [5, 5.41) is 0. The number of likely N-dealkylation sites (N-methyl/N-ethyl adjacent to an activating group) is 1. The van der Waals surface area contributed by atoms with Gasteiger partial charge < -0.3 is 9.80 Å². The lowest BCUT2D eigenvalue weighted by Gasteiger charge is -2.19. The number of benzene rings is 1. The molecule has 1 N–H and O–H groups in total. The second kappa shape index (κ2) is 7.31. The smallest absolute Gasteiger partial charge is 0.241 e. The molecule has 0 radical (unpaired) electrons. The number of fused-ring (bicyclic) bond motifs is 1. The Morgan fingerprint density at radius 3 is 2.50 bits per heavy atom. The van der Waals surface area contributed by atoms with E-state index >= 15 is 0 Å². The van der Waals surface area contributed by atoms with Gasteiger partial charge in [0, 0.05) is 32.2 Å². The minimum Gasteiger partial charge on any atom is -0.342 e. The molecule has 1 aromatic rings. The molecular weight excluding hydrogens is 330 g/mol. The average Bonchev–Trinajstić information content (AvgIpc) is 2.97. The van der Waals surface area contributed by atoms with E-state index in [9.17, 15) is 18.0 Å². The molecule has 0 saturated heterocycles. The number of nitrogens with one attached hydrogen (secondary N) is 1. The van der Waals surface area contributed by atoms with Crippen molar-refractivity contribution in [3.05, 3.63) is 23.8 Å². The van der Waals surface area contributed by atoms with Crippen LogP contribution in [0.25, 0.3) is 0 Å². The van der Waals surface area contributed by atoms with Crippen LogP contribution in [0.5, 0.6) is 0 Å². The predicted octanol–water partition coefficient (Wildman–Crippen LogP) is 0.742. The first-order valence-corrected chi connectivity index (χ1v) is 9.47. The number of carbonyl (C=O) groups is 2. The van der Waals surface area contributed by atoms with Crippen LogP contribution in [0.4, 0.5) is 5.69 Å². The second-order valence-corrected chi connectivity index (χ2v) is 7.37. The van der Waals surface area contributed by atoms with E-state index in [1.165, 1.54) is 13.0 Å². The average molecular weight is 353 g/mol. The quantitative estimate of drug-likeness (QED) is 0.817. The highest BCUT2D eigenvalue weighted by molar-refractivity contribution is 7.89. The van der Waals surface area contributed by atoms with Crippen LogP contribution in [0.3, 0.4) is 0 Å². The van der Waals surface area contributed by atoms with Crippen LogP contribution in [-0.4, -0.2) is 51.3 Å². The summed E-state index contributed by atoms with van der Waals surface area (Å²) in [4.78, 5) is 26.8. The molecule has 7 nitrogen and oxygen atoms in total. The van der Waals surface area contributed by atoms with Gasteiger partial charge in [0.05, 0.1) is 11.4 Å². The van der Waals surface area contributed by atoms with Gasteiger partial charge in [-0.25, -0.2) is 13.1 Å². The molecule has 132 valence electrons. The number of carbonyl (C=O) groups excluding carboxylic acids is 2. The van der Waals surface area contributed by atoms with E-state index in [2.05, 4.69) is 4.72 Å². The van der Waals surface area contributed by atoms with Gasteiger partial charge in [-0.05, 0) is 44.0 Å². The minimum absolute atomic E-state index is 0.0627. The van der Waals surface area contributed by atoms with Gasteiger partial charge in [0.1, 0.15) is 0 Å². The molecular formula is C16H23N3O4S. The van der Waals surface area contributed by atoms with E-state index in [-0.39, 0.29) is 23.3 Å². The van der Waals surface area contributed by atoms with Crippen molar-refractivity contribution in [2.75, 3.05) is 31.1 Å². The Hall–Kier alpha value is -1.93. The zero-order valence-electron chi connectivity index (χ0n) is 14.2. The van der Waals surface area contributed by atoms with Gasteiger partial charge in [-0.1, -0.05) is 0 Å². The highest BCUT2D eigenvalue weighted by Gasteiger charge is 2.25. The Bertz CT molecular complexity index is 742. The molecule has 0 unspecified atom stereocenters. The Balaban J connectivity index is 2.14. The lowest BCUT2D eigenvalue weighted by molar-refractivity contribution is -0.129. The molecule has 24 heavy (non-hydrogen) atoms. The zero-order chi connectivity index (χ0) is 17.9. The maximum Gasteiger partial charge on any atom is 0.241 e. The van der Waals surface area contributed by atoms with Crippen LogP contribution in [0, 0.1) is 0 Å². The van der Waals surface area contributed by atoms with Crippen molar-refractivity contribution in [1.82, 2.24) is 9.62 Å². The zero-order valence-corrected chi connectivity index (χ0v) is 15.0. The fourth-order valence-electron chi connectivity index (χ4n) is 2.80. The molecule has 0 atom stereocenters. The molecule has 8 heteroatoms. The molecule has 0 bridgehead atoms. The summed E-state index contributed by atoms with van der Waals surface area (Å²) < 4.78 is 27.1. The Morgan fingerprint density at radius 2 is 1.92 bits per heavy atom. The topological polar surface area (TPSA) is 86.8 Å². The van der Waals surface area contributed by atoms with Crippen molar-refractivity contribution in [3.8, 4) is 0 Å². The van der Waals surface area contributed by atoms with E-state index in [1.54, 1.807) is 21.9 Å². The number of hydrogen-bond acceptors (Lipinski definition) is 4. The fraction of sp³-hybridized carbons (Fsp3) is 0.500. The van der Waals surface area contributed by atoms with E-state index < -0.39 is 10.0 Å². The Kier molecular flexibility index (Phi) is 5.61. The van der Waals surface area contributed by atoms with Crippen LogP contribution in [0.1, 0.15) is 26.3 Å². The van der Waals surface area contributed by atoms with E-state index in [1.807, 2.05) is 13.8 Å². The first-order valence-electron chi connectivity index (χ1n) is 7.98. The van der Waals surface area contributed by atoms with Gasteiger partial charge in [0.15, 0.2) is 0 Å². The monoisotopic (exact) mass is 353 g/mol. The van der Waals surface area contributed by atoms with Crippen LogP contribution in [-0.2, 0) is 26.0 Å². The third kappa shape index (κ3) is 3.76. The number of anilines is 1. The van der Waals surface area contributed by atoms with Crippen molar-refractivity contribution >= 4 is 27.5 Å². The molecule has 0 aliphatic carbocycles. The number of amides is 2. The SMILES string of the molecule is CCN(CC)C(=O)CNS(=O)(=O)c1ccc2c(c1)CCN2C(C)=O. The minimum atomic E-state index is -3.77. The van der Waals surface area contributed by atoms with E-state index in [0.29, 0.717) is 26.1 Å². The molecule has 0 aromatic heterocycles. The van der Waals surface area contributed by atoms with Gasteiger partial charge in [-0.2, -0.15) is 0 Å². The maximum atomic E-state index is 12.4. The van der Waals surface area contributed by atoms with Crippen molar-refractivity contribution in [2.24, 2.45) is 0 Å². The first kappa shape index (κ1) is 18.4. The van der Waals surface area contributed by atoms with Gasteiger partial charge in [0.2, 0.25) is 21.8 Å². The van der Waals surface area contributed by atoms with Gasteiger partial charge in [0.25, 0.3) is 0 Å². The van der Waals surface area contributed by atoms with Crippen LogP contribution < -0.4 is 9.62 Å². The highest BCUT2D eigenvalue weighted by atomic mass is 32.2. The van der Waals surface area contributed by atoms with Crippen LogP contribution >= 0.6 is 0 Å². The lowest BCUT2D eigenvalue weighted by Crippen LogP contribution is -2.39. The largest absolute Gasteiger partial charge is 0.342 e. The molecule has 0 fully saturated rings. The highest BCUT2D eigenvalue weighted by Crippen LogP contribution is 2.30. The van der Waals surface area contributed by atoms with Crippen molar-refractivity contribution < 1.29 is 18.0 Å². The Labute approximate surface area is 142 Å². The van der Waals surface area contributed by atoms with Crippen LogP contribution in [0.2, 0.25) is 0 Å². The molecule has 0 spiro atoms. The summed E-state index contributed by atoms with van der Waals surface area (Å²) in [5.74, 6) is -0.320. The summed E-state index contributed by atoms with van der Waals surface area (Å²) in [7, 11) is -3.77. The molecule has 2 amide bonds. The molecule has 1 aliphatic rings. The lowest BCUT2D eigenvalue weighted by atomic mass is 10.2. The van der Waals surface area contributed by atoms with E-state index in [4.69, 9.17) is 0 Å². The molecule has 1 aromatic carbocycles.